The highest BCUT2D eigenvalue weighted by Crippen LogP contribution is 2.35. The number of ether oxygens (including phenoxy) is 2. The third kappa shape index (κ3) is 4.65. The molecule has 2 aromatic carbocycles. The molecule has 0 radical (unpaired) electrons. The lowest BCUT2D eigenvalue weighted by Crippen LogP contribution is -2.26. The van der Waals surface area contributed by atoms with Crippen molar-refractivity contribution in [2.45, 2.75) is 25.7 Å². The molecule has 29 heavy (non-hydrogen) atoms. The molecule has 2 aliphatic rings. The van der Waals surface area contributed by atoms with E-state index in [1.807, 2.05) is 30.3 Å². The van der Waals surface area contributed by atoms with Crippen LogP contribution in [0.3, 0.4) is 0 Å². The maximum absolute atomic E-state index is 12.5. The van der Waals surface area contributed by atoms with E-state index in [4.69, 9.17) is 9.47 Å². The van der Waals surface area contributed by atoms with Crippen molar-refractivity contribution in [3.8, 4) is 11.5 Å². The highest BCUT2D eigenvalue weighted by molar-refractivity contribution is 6.12. The summed E-state index contributed by atoms with van der Waals surface area (Å²) in [6.07, 6.45) is 2.22. The van der Waals surface area contributed by atoms with Gasteiger partial charge in [-0.3, -0.25) is 14.6 Å². The first kappa shape index (κ1) is 19.2. The van der Waals surface area contributed by atoms with Gasteiger partial charge in [0.05, 0.1) is 13.2 Å². The van der Waals surface area contributed by atoms with E-state index in [1.54, 1.807) is 12.1 Å². The second-order valence-electron chi connectivity index (χ2n) is 7.17. The number of carbonyl (C=O) groups excluding carboxylic acids is 2. The minimum absolute atomic E-state index is 0.0528. The van der Waals surface area contributed by atoms with Crippen LogP contribution in [-0.4, -0.2) is 43.7 Å². The standard InChI is InChI=1S/C23H24N2O4/c26-18(8-10-25-23(27)16-5-2-1-3-6-16)14-20-19-15-22-21(28-11-4-12-29-22)13-17(19)7-9-24-20/h1-3,5-6,13,15H,4,7-12,14H2,(H,25,27). The van der Waals surface area contributed by atoms with E-state index in [9.17, 15) is 9.59 Å². The van der Waals surface area contributed by atoms with E-state index in [1.165, 1.54) is 0 Å². The Morgan fingerprint density at radius 1 is 1.03 bits per heavy atom. The average molecular weight is 392 g/mol. The van der Waals surface area contributed by atoms with Crippen molar-refractivity contribution in [2.24, 2.45) is 4.99 Å². The van der Waals surface area contributed by atoms with Crippen molar-refractivity contribution in [1.29, 1.82) is 0 Å². The van der Waals surface area contributed by atoms with E-state index < -0.39 is 0 Å². The van der Waals surface area contributed by atoms with E-state index in [0.717, 1.165) is 41.2 Å². The summed E-state index contributed by atoms with van der Waals surface area (Å²) in [4.78, 5) is 29.2. The Morgan fingerprint density at radius 3 is 2.59 bits per heavy atom. The molecular weight excluding hydrogens is 368 g/mol. The van der Waals surface area contributed by atoms with E-state index in [-0.39, 0.29) is 24.5 Å². The monoisotopic (exact) mass is 392 g/mol. The van der Waals surface area contributed by atoms with Crippen LogP contribution in [0.1, 0.15) is 40.7 Å². The maximum Gasteiger partial charge on any atom is 0.251 e. The van der Waals surface area contributed by atoms with Crippen molar-refractivity contribution >= 4 is 17.4 Å². The molecular formula is C23H24N2O4. The van der Waals surface area contributed by atoms with Crippen LogP contribution in [0.2, 0.25) is 0 Å². The molecule has 2 aromatic rings. The largest absolute Gasteiger partial charge is 0.490 e. The third-order valence-corrected chi connectivity index (χ3v) is 5.06. The van der Waals surface area contributed by atoms with Gasteiger partial charge in [-0.15, -0.1) is 0 Å². The van der Waals surface area contributed by atoms with Gasteiger partial charge in [0.15, 0.2) is 11.5 Å². The topological polar surface area (TPSA) is 77.0 Å². The lowest BCUT2D eigenvalue weighted by atomic mass is 9.93. The van der Waals surface area contributed by atoms with Gasteiger partial charge >= 0.3 is 0 Å². The molecule has 0 atom stereocenters. The number of nitrogens with zero attached hydrogens (tertiary/aromatic N) is 1. The van der Waals surface area contributed by atoms with Gasteiger partial charge in [0.1, 0.15) is 5.78 Å². The fraction of sp³-hybridized carbons (Fsp3) is 0.348. The summed E-state index contributed by atoms with van der Waals surface area (Å²) < 4.78 is 11.6. The maximum atomic E-state index is 12.5. The number of nitrogens with one attached hydrogen (secondary N) is 1. The van der Waals surface area contributed by atoms with E-state index >= 15 is 0 Å². The molecule has 0 saturated heterocycles. The zero-order chi connectivity index (χ0) is 20.1. The van der Waals surface area contributed by atoms with Crippen LogP contribution in [0, 0.1) is 0 Å². The molecule has 2 heterocycles. The quantitative estimate of drug-likeness (QED) is 0.820. The molecule has 0 saturated carbocycles. The third-order valence-electron chi connectivity index (χ3n) is 5.06. The van der Waals surface area contributed by atoms with E-state index in [2.05, 4.69) is 10.3 Å². The number of rotatable bonds is 6. The Kier molecular flexibility index (Phi) is 5.89. The van der Waals surface area contributed by atoms with Gasteiger partial charge in [0, 0.05) is 49.2 Å². The highest BCUT2D eigenvalue weighted by Gasteiger charge is 2.21. The number of carbonyl (C=O) groups is 2. The second-order valence-corrected chi connectivity index (χ2v) is 7.17. The SMILES string of the molecule is O=C(CCNC(=O)c1ccccc1)CC1=NCCc2cc3c(cc21)OCCCO3. The van der Waals surface area contributed by atoms with Gasteiger partial charge in [-0.25, -0.2) is 0 Å². The van der Waals surface area contributed by atoms with Gasteiger partial charge in [0.2, 0.25) is 0 Å². The summed E-state index contributed by atoms with van der Waals surface area (Å²) in [6, 6.07) is 13.0. The van der Waals surface area contributed by atoms with Gasteiger partial charge in [-0.2, -0.15) is 0 Å². The smallest absolute Gasteiger partial charge is 0.251 e. The lowest BCUT2D eigenvalue weighted by molar-refractivity contribution is -0.117. The Bertz CT molecular complexity index is 937. The number of fused-ring (bicyclic) bond motifs is 2. The molecule has 0 spiro atoms. The Labute approximate surface area is 169 Å². The molecule has 6 heteroatoms. The molecule has 0 fully saturated rings. The number of hydrogen-bond acceptors (Lipinski definition) is 5. The Balaban J connectivity index is 1.36. The first-order valence-corrected chi connectivity index (χ1v) is 10.0. The summed E-state index contributed by atoms with van der Waals surface area (Å²) >= 11 is 0. The molecule has 0 unspecified atom stereocenters. The number of benzene rings is 2. The molecule has 4 rings (SSSR count). The van der Waals surface area contributed by atoms with Crippen LogP contribution in [-0.2, 0) is 11.2 Å². The van der Waals surface area contributed by atoms with Gasteiger partial charge in [-0.1, -0.05) is 18.2 Å². The summed E-state index contributed by atoms with van der Waals surface area (Å²) in [5.41, 5.74) is 3.50. The van der Waals surface area contributed by atoms with Crippen molar-refractivity contribution in [1.82, 2.24) is 5.32 Å². The summed E-state index contributed by atoms with van der Waals surface area (Å²) in [5, 5.41) is 2.80. The fourth-order valence-electron chi connectivity index (χ4n) is 3.56. The molecule has 1 amide bonds. The van der Waals surface area contributed by atoms with Crippen LogP contribution < -0.4 is 14.8 Å². The first-order chi connectivity index (χ1) is 14.2. The van der Waals surface area contributed by atoms with Crippen LogP contribution in [0.4, 0.5) is 0 Å². The van der Waals surface area contributed by atoms with Crippen molar-refractivity contribution in [3.05, 3.63) is 59.2 Å². The van der Waals surface area contributed by atoms with E-state index in [0.29, 0.717) is 31.9 Å². The van der Waals surface area contributed by atoms with Crippen molar-refractivity contribution in [2.75, 3.05) is 26.3 Å². The Morgan fingerprint density at radius 2 is 1.79 bits per heavy atom. The zero-order valence-corrected chi connectivity index (χ0v) is 16.3. The van der Waals surface area contributed by atoms with Crippen molar-refractivity contribution < 1.29 is 19.1 Å². The van der Waals surface area contributed by atoms with Gasteiger partial charge < -0.3 is 14.8 Å². The fourth-order valence-corrected chi connectivity index (χ4v) is 3.56. The minimum atomic E-state index is -0.168. The van der Waals surface area contributed by atoms with Gasteiger partial charge in [0.25, 0.3) is 5.91 Å². The molecule has 1 N–H and O–H groups in total. The van der Waals surface area contributed by atoms with Crippen LogP contribution in [0.25, 0.3) is 0 Å². The summed E-state index contributed by atoms with van der Waals surface area (Å²) in [7, 11) is 0. The summed E-state index contributed by atoms with van der Waals surface area (Å²) in [6.45, 7) is 2.26. The molecule has 2 aliphatic heterocycles. The molecule has 150 valence electrons. The Hall–Kier alpha value is -3.15. The minimum Gasteiger partial charge on any atom is -0.490 e. The zero-order valence-electron chi connectivity index (χ0n) is 16.3. The number of Topliss-reactive ketones (excluding diaryl/α,β-unsaturated/α-hetero) is 1. The second kappa shape index (κ2) is 8.90. The molecule has 0 aliphatic carbocycles. The van der Waals surface area contributed by atoms with Crippen molar-refractivity contribution in [3.63, 3.8) is 0 Å². The summed E-state index contributed by atoms with van der Waals surface area (Å²) in [5.74, 6) is 1.38. The molecule has 0 bridgehead atoms. The number of amides is 1. The van der Waals surface area contributed by atoms with Gasteiger partial charge in [-0.05, 0) is 36.2 Å². The highest BCUT2D eigenvalue weighted by atomic mass is 16.5. The first-order valence-electron chi connectivity index (χ1n) is 10.0. The average Bonchev–Trinajstić information content (AvgIpc) is 2.98. The van der Waals surface area contributed by atoms with Crippen LogP contribution in [0.5, 0.6) is 11.5 Å². The molecule has 0 aromatic heterocycles. The normalized spacial score (nSPS) is 15.0. The van der Waals surface area contributed by atoms with Crippen LogP contribution >= 0.6 is 0 Å². The number of aliphatic imine (C=N–C) groups is 1. The predicted molar refractivity (Wildman–Crippen MR) is 110 cm³/mol. The number of hydrogen-bond donors (Lipinski definition) is 1. The lowest BCUT2D eigenvalue weighted by Gasteiger charge is -2.19. The number of ketones is 1. The van der Waals surface area contributed by atoms with Crippen LogP contribution in [0.15, 0.2) is 47.5 Å². The predicted octanol–water partition coefficient (Wildman–Crippen LogP) is 2.97. The molecule has 6 nitrogen and oxygen atoms in total.